The lowest BCUT2D eigenvalue weighted by Gasteiger charge is -2.33. The third kappa shape index (κ3) is 6.04. The van der Waals surface area contributed by atoms with Crippen LogP contribution in [0.5, 0.6) is 0 Å². The first-order valence-electron chi connectivity index (χ1n) is 10.9. The molecule has 3 aromatic rings. The molecule has 3 aromatic carbocycles. The van der Waals surface area contributed by atoms with Crippen LogP contribution in [0.4, 0.5) is 10.5 Å². The molecule has 32 heavy (non-hydrogen) atoms. The van der Waals surface area contributed by atoms with Gasteiger partial charge in [-0.25, -0.2) is 4.79 Å². The van der Waals surface area contributed by atoms with E-state index in [0.29, 0.717) is 5.02 Å². The minimum Gasteiger partial charge on any atom is -0.334 e. The van der Waals surface area contributed by atoms with Crippen LogP contribution in [0.2, 0.25) is 10.0 Å². The summed E-state index contributed by atoms with van der Waals surface area (Å²) in [5, 5.41) is 7.42. The summed E-state index contributed by atoms with van der Waals surface area (Å²) >= 11 is 12.2. The van der Waals surface area contributed by atoms with Crippen LogP contribution in [0.25, 0.3) is 11.1 Å². The van der Waals surface area contributed by atoms with Gasteiger partial charge in [0.2, 0.25) is 0 Å². The van der Waals surface area contributed by atoms with E-state index < -0.39 is 0 Å². The second-order valence-corrected chi connectivity index (χ2v) is 9.19. The maximum absolute atomic E-state index is 12.4. The zero-order valence-corrected chi connectivity index (χ0v) is 19.6. The molecule has 1 atom stereocenters. The summed E-state index contributed by atoms with van der Waals surface area (Å²) in [6.45, 7) is 4.72. The number of carbonyl (C=O) groups excluding carboxylic acids is 1. The number of hydrogen-bond acceptors (Lipinski definition) is 2. The first kappa shape index (κ1) is 22.7. The number of carbonyl (C=O) groups is 1. The fourth-order valence-corrected chi connectivity index (χ4v) is 4.39. The van der Waals surface area contributed by atoms with Crippen LogP contribution >= 0.6 is 23.2 Å². The lowest BCUT2D eigenvalue weighted by atomic mass is 10.0. The number of likely N-dealkylation sites (tertiary alicyclic amines) is 1. The van der Waals surface area contributed by atoms with Crippen molar-refractivity contribution in [2.24, 2.45) is 0 Å². The minimum atomic E-state index is -0.183. The quantitative estimate of drug-likeness (QED) is 0.435. The van der Waals surface area contributed by atoms with E-state index in [1.165, 1.54) is 11.1 Å². The maximum atomic E-state index is 12.4. The third-order valence-corrected chi connectivity index (χ3v) is 6.44. The number of amides is 2. The van der Waals surface area contributed by atoms with E-state index >= 15 is 0 Å². The van der Waals surface area contributed by atoms with Gasteiger partial charge in [-0.3, -0.25) is 4.90 Å². The van der Waals surface area contributed by atoms with Crippen molar-refractivity contribution >= 4 is 34.9 Å². The summed E-state index contributed by atoms with van der Waals surface area (Å²) in [5.74, 6) is 0. The average Bonchev–Trinajstić information content (AvgIpc) is 2.78. The summed E-state index contributed by atoms with van der Waals surface area (Å²) in [6, 6.07) is 21.8. The zero-order valence-electron chi connectivity index (χ0n) is 18.1. The number of benzene rings is 3. The normalized spacial score (nSPS) is 16.5. The number of hydrogen-bond donors (Lipinski definition) is 2. The molecular weight excluding hydrogens is 441 g/mol. The Kier molecular flexibility index (Phi) is 7.36. The lowest BCUT2D eigenvalue weighted by Crippen LogP contribution is -2.48. The summed E-state index contributed by atoms with van der Waals surface area (Å²) in [5.41, 5.74) is 5.36. The Morgan fingerprint density at radius 1 is 1.03 bits per heavy atom. The lowest BCUT2D eigenvalue weighted by molar-refractivity contribution is 0.183. The van der Waals surface area contributed by atoms with Gasteiger partial charge in [0, 0.05) is 34.9 Å². The number of rotatable bonds is 5. The molecule has 2 amide bonds. The van der Waals surface area contributed by atoms with E-state index in [4.69, 9.17) is 23.2 Å². The van der Waals surface area contributed by atoms with Crippen molar-refractivity contribution < 1.29 is 4.79 Å². The van der Waals surface area contributed by atoms with E-state index in [2.05, 4.69) is 51.9 Å². The maximum Gasteiger partial charge on any atom is 0.319 e. The van der Waals surface area contributed by atoms with Crippen molar-refractivity contribution in [1.29, 1.82) is 0 Å². The smallest absolute Gasteiger partial charge is 0.319 e. The van der Waals surface area contributed by atoms with Gasteiger partial charge >= 0.3 is 6.03 Å². The monoisotopic (exact) mass is 467 g/mol. The topological polar surface area (TPSA) is 44.4 Å². The highest BCUT2D eigenvalue weighted by Crippen LogP contribution is 2.26. The first-order chi connectivity index (χ1) is 15.5. The summed E-state index contributed by atoms with van der Waals surface area (Å²) in [7, 11) is 0. The van der Waals surface area contributed by atoms with Crippen molar-refractivity contribution in [3.63, 3.8) is 0 Å². The first-order valence-corrected chi connectivity index (χ1v) is 11.6. The molecule has 1 fully saturated rings. The van der Waals surface area contributed by atoms with Crippen molar-refractivity contribution in [3.8, 4) is 11.1 Å². The summed E-state index contributed by atoms with van der Waals surface area (Å²) in [6.07, 6.45) is 2.03. The van der Waals surface area contributed by atoms with Crippen molar-refractivity contribution in [1.82, 2.24) is 10.2 Å². The fraction of sp³-hybridized carbons (Fsp3) is 0.269. The second kappa shape index (κ2) is 10.4. The van der Waals surface area contributed by atoms with E-state index in [9.17, 15) is 4.79 Å². The minimum absolute atomic E-state index is 0.120. The van der Waals surface area contributed by atoms with Gasteiger partial charge in [0.05, 0.1) is 0 Å². The Hall–Kier alpha value is -2.53. The molecule has 1 aliphatic rings. The summed E-state index contributed by atoms with van der Waals surface area (Å²) in [4.78, 5) is 14.8. The predicted octanol–water partition coefficient (Wildman–Crippen LogP) is 6.75. The van der Waals surface area contributed by atoms with Crippen LogP contribution in [-0.2, 0) is 6.54 Å². The molecule has 0 spiro atoms. The van der Waals surface area contributed by atoms with Gasteiger partial charge in [-0.15, -0.1) is 0 Å². The predicted molar refractivity (Wildman–Crippen MR) is 134 cm³/mol. The van der Waals surface area contributed by atoms with Crippen molar-refractivity contribution in [2.75, 3.05) is 18.4 Å². The molecule has 4 rings (SSSR count). The number of halogens is 2. The molecule has 166 valence electrons. The molecule has 1 aliphatic heterocycles. The molecule has 0 radical (unpaired) electrons. The Bertz CT molecular complexity index is 1080. The van der Waals surface area contributed by atoms with E-state index in [1.807, 2.05) is 13.0 Å². The zero-order chi connectivity index (χ0) is 22.5. The standard InChI is InChI=1S/C26H27Cl2N3O/c1-18-7-8-21(15-25(18)28)20-5-2-4-19(14-20)16-31-13-3-6-24(17-31)30-26(32)29-23-11-9-22(27)10-12-23/h2,4-5,7-12,14-15,24H,3,6,13,16-17H2,1H3,(H2,29,30,32). The molecule has 1 unspecified atom stereocenters. The molecular formula is C26H27Cl2N3O. The van der Waals surface area contributed by atoms with Gasteiger partial charge in [-0.05, 0) is 85.0 Å². The highest BCUT2D eigenvalue weighted by atomic mass is 35.5. The van der Waals surface area contributed by atoms with Crippen LogP contribution in [-0.4, -0.2) is 30.1 Å². The molecule has 0 saturated carbocycles. The molecule has 6 heteroatoms. The number of anilines is 1. The summed E-state index contributed by atoms with van der Waals surface area (Å²) < 4.78 is 0. The van der Waals surface area contributed by atoms with E-state index in [1.54, 1.807) is 24.3 Å². The van der Waals surface area contributed by atoms with Crippen molar-refractivity contribution in [3.05, 3.63) is 87.9 Å². The Morgan fingerprint density at radius 3 is 2.59 bits per heavy atom. The SMILES string of the molecule is Cc1ccc(-c2cccc(CN3CCCC(NC(=O)Nc4ccc(Cl)cc4)C3)c2)cc1Cl. The number of nitrogens with one attached hydrogen (secondary N) is 2. The molecule has 4 nitrogen and oxygen atoms in total. The van der Waals surface area contributed by atoms with Crippen LogP contribution in [0.1, 0.15) is 24.0 Å². The molecule has 1 heterocycles. The van der Waals surface area contributed by atoms with E-state index in [0.717, 1.165) is 54.3 Å². The largest absolute Gasteiger partial charge is 0.334 e. The number of urea groups is 1. The van der Waals surface area contributed by atoms with Gasteiger partial charge < -0.3 is 10.6 Å². The third-order valence-electron chi connectivity index (χ3n) is 5.78. The highest BCUT2D eigenvalue weighted by molar-refractivity contribution is 6.31. The van der Waals surface area contributed by atoms with E-state index in [-0.39, 0.29) is 12.1 Å². The Morgan fingerprint density at radius 2 is 1.81 bits per heavy atom. The number of aryl methyl sites for hydroxylation is 1. The number of piperidine rings is 1. The van der Waals surface area contributed by atoms with Crippen LogP contribution in [0.15, 0.2) is 66.7 Å². The molecule has 2 N–H and O–H groups in total. The second-order valence-electron chi connectivity index (χ2n) is 8.34. The Labute approximate surface area is 199 Å². The van der Waals surface area contributed by atoms with Gasteiger partial charge in [-0.2, -0.15) is 0 Å². The molecule has 0 bridgehead atoms. The molecule has 0 aliphatic carbocycles. The fourth-order valence-electron chi connectivity index (χ4n) is 4.08. The van der Waals surface area contributed by atoms with Crippen LogP contribution in [0.3, 0.4) is 0 Å². The van der Waals surface area contributed by atoms with Gasteiger partial charge in [-0.1, -0.05) is 53.5 Å². The van der Waals surface area contributed by atoms with Crippen LogP contribution < -0.4 is 10.6 Å². The van der Waals surface area contributed by atoms with Crippen LogP contribution in [0, 0.1) is 6.92 Å². The molecule has 0 aromatic heterocycles. The highest BCUT2D eigenvalue weighted by Gasteiger charge is 2.21. The van der Waals surface area contributed by atoms with Gasteiger partial charge in [0.25, 0.3) is 0 Å². The van der Waals surface area contributed by atoms with Gasteiger partial charge in [0.15, 0.2) is 0 Å². The molecule has 1 saturated heterocycles. The number of nitrogens with zero attached hydrogens (tertiary/aromatic N) is 1. The van der Waals surface area contributed by atoms with Gasteiger partial charge in [0.1, 0.15) is 0 Å². The van der Waals surface area contributed by atoms with Crippen molar-refractivity contribution in [2.45, 2.75) is 32.4 Å². The Balaban J connectivity index is 1.35. The average molecular weight is 468 g/mol.